The molecule has 164 valence electrons. The van der Waals surface area contributed by atoms with Crippen molar-refractivity contribution in [3.05, 3.63) is 53.1 Å². The monoisotopic (exact) mass is 417 g/mol. The van der Waals surface area contributed by atoms with E-state index in [1.807, 2.05) is 36.4 Å². The van der Waals surface area contributed by atoms with Crippen LogP contribution in [0, 0.1) is 0 Å². The highest BCUT2D eigenvalue weighted by molar-refractivity contribution is 5.43. The van der Waals surface area contributed by atoms with Gasteiger partial charge in [0.2, 0.25) is 0 Å². The molecule has 0 bridgehead atoms. The summed E-state index contributed by atoms with van der Waals surface area (Å²) in [7, 11) is 3.22. The van der Waals surface area contributed by atoms with Crippen LogP contribution in [-0.2, 0) is 19.3 Å². The minimum Gasteiger partial charge on any atom is -0.493 e. The van der Waals surface area contributed by atoms with Crippen molar-refractivity contribution >= 4 is 0 Å². The molecule has 1 unspecified atom stereocenters. The number of benzene rings is 2. The number of nitrogens with one attached hydrogen (secondary N) is 1. The van der Waals surface area contributed by atoms with Gasteiger partial charge < -0.3 is 34.8 Å². The van der Waals surface area contributed by atoms with Crippen LogP contribution in [0.3, 0.4) is 0 Å². The smallest absolute Gasteiger partial charge is 0.160 e. The molecule has 0 aliphatic heterocycles. The molecular formula is C23H31NO6. The molecule has 4 N–H and O–H groups in total. The molecule has 0 aromatic heterocycles. The molecule has 7 nitrogen and oxygen atoms in total. The van der Waals surface area contributed by atoms with Gasteiger partial charge in [-0.3, -0.25) is 0 Å². The van der Waals surface area contributed by atoms with Crippen molar-refractivity contribution in [2.24, 2.45) is 0 Å². The zero-order valence-corrected chi connectivity index (χ0v) is 17.5. The molecule has 0 fully saturated rings. The van der Waals surface area contributed by atoms with Gasteiger partial charge in [0, 0.05) is 24.9 Å². The van der Waals surface area contributed by atoms with Gasteiger partial charge >= 0.3 is 0 Å². The van der Waals surface area contributed by atoms with Crippen molar-refractivity contribution in [1.29, 1.82) is 0 Å². The molecule has 0 saturated heterocycles. The first kappa shape index (κ1) is 22.4. The minimum absolute atomic E-state index is 0.151. The number of rotatable bonds is 10. The average molecular weight is 418 g/mol. The van der Waals surface area contributed by atoms with E-state index in [1.54, 1.807) is 14.2 Å². The Bertz CT molecular complexity index is 827. The van der Waals surface area contributed by atoms with Crippen LogP contribution in [0.4, 0.5) is 0 Å². The van der Waals surface area contributed by atoms with E-state index in [4.69, 9.17) is 14.2 Å². The number of fused-ring (bicyclic) bond motifs is 1. The van der Waals surface area contributed by atoms with E-state index in [-0.39, 0.29) is 6.61 Å². The number of ether oxygens (including phenoxy) is 3. The number of hydrogen-bond acceptors (Lipinski definition) is 7. The predicted octanol–water partition coefficient (Wildman–Crippen LogP) is 1.10. The van der Waals surface area contributed by atoms with Crippen molar-refractivity contribution in [2.75, 3.05) is 33.9 Å². The lowest BCUT2D eigenvalue weighted by atomic mass is 9.87. The molecule has 0 saturated carbocycles. The maximum absolute atomic E-state index is 10.2. The van der Waals surface area contributed by atoms with Crippen LogP contribution in [0.1, 0.15) is 16.7 Å². The van der Waals surface area contributed by atoms with Crippen LogP contribution in [0.15, 0.2) is 36.4 Å². The third kappa shape index (κ3) is 5.64. The Morgan fingerprint density at radius 2 is 1.77 bits per heavy atom. The Balaban J connectivity index is 1.43. The maximum atomic E-state index is 10.2. The van der Waals surface area contributed by atoms with Crippen molar-refractivity contribution in [2.45, 2.75) is 37.6 Å². The zero-order chi connectivity index (χ0) is 21.5. The Labute approximate surface area is 177 Å². The molecule has 7 heteroatoms. The van der Waals surface area contributed by atoms with Crippen molar-refractivity contribution in [3.8, 4) is 17.2 Å². The number of methoxy groups -OCH3 is 2. The molecule has 3 atom stereocenters. The lowest BCUT2D eigenvalue weighted by Gasteiger charge is -2.27. The third-order valence-corrected chi connectivity index (χ3v) is 5.37. The molecule has 0 radical (unpaired) electrons. The first-order valence-corrected chi connectivity index (χ1v) is 10.2. The van der Waals surface area contributed by atoms with Crippen LogP contribution in [0.25, 0.3) is 0 Å². The van der Waals surface area contributed by atoms with Crippen LogP contribution in [0.5, 0.6) is 17.2 Å². The van der Waals surface area contributed by atoms with E-state index >= 15 is 0 Å². The summed E-state index contributed by atoms with van der Waals surface area (Å²) in [6, 6.07) is 11.5. The fourth-order valence-corrected chi connectivity index (χ4v) is 3.66. The standard InChI is InChI=1S/C23H31NO6/c1-28-22-7-6-15(10-23(22)29-2)8-9-24-13-17(25)14-30-21-5-3-4-16-11-19(26)20(27)12-18(16)21/h3-7,10,17,19-20,24-27H,8-9,11-14H2,1-2H3/t17?,19-,20+/m1/s1. The SMILES string of the molecule is COc1ccc(CCNCC(O)COc2cccc3c2C[C@H](O)[C@H](O)C3)cc1OC. The number of aliphatic hydroxyl groups is 3. The van der Waals surface area contributed by atoms with Gasteiger partial charge in [-0.15, -0.1) is 0 Å². The van der Waals surface area contributed by atoms with Gasteiger partial charge in [-0.1, -0.05) is 18.2 Å². The van der Waals surface area contributed by atoms with Crippen LogP contribution in [0.2, 0.25) is 0 Å². The lowest BCUT2D eigenvalue weighted by Crippen LogP contribution is -2.35. The zero-order valence-electron chi connectivity index (χ0n) is 17.5. The highest BCUT2D eigenvalue weighted by atomic mass is 16.5. The van der Waals surface area contributed by atoms with Crippen molar-refractivity contribution in [3.63, 3.8) is 0 Å². The van der Waals surface area contributed by atoms with E-state index < -0.39 is 18.3 Å². The Hall–Kier alpha value is -2.32. The predicted molar refractivity (Wildman–Crippen MR) is 113 cm³/mol. The third-order valence-electron chi connectivity index (χ3n) is 5.37. The first-order valence-electron chi connectivity index (χ1n) is 10.2. The second-order valence-corrected chi connectivity index (χ2v) is 7.55. The van der Waals surface area contributed by atoms with Gasteiger partial charge in [0.15, 0.2) is 11.5 Å². The Morgan fingerprint density at radius 1 is 1.00 bits per heavy atom. The van der Waals surface area contributed by atoms with Crippen LogP contribution in [-0.4, -0.2) is 67.5 Å². The normalized spacial score (nSPS) is 19.1. The highest BCUT2D eigenvalue weighted by Gasteiger charge is 2.27. The van der Waals surface area contributed by atoms with Gasteiger partial charge in [0.05, 0.1) is 26.4 Å². The molecule has 30 heavy (non-hydrogen) atoms. The Kier molecular flexibility index (Phi) is 7.93. The summed E-state index contributed by atoms with van der Waals surface area (Å²) in [4.78, 5) is 0. The topological polar surface area (TPSA) is 100 Å². The van der Waals surface area contributed by atoms with Crippen LogP contribution < -0.4 is 19.5 Å². The van der Waals surface area contributed by atoms with Gasteiger partial charge in [-0.25, -0.2) is 0 Å². The molecule has 0 spiro atoms. The molecule has 0 amide bonds. The summed E-state index contributed by atoms with van der Waals surface area (Å²) < 4.78 is 16.4. The molecule has 2 aromatic rings. The van der Waals surface area contributed by atoms with Gasteiger partial charge in [-0.2, -0.15) is 0 Å². The van der Waals surface area contributed by atoms with E-state index in [0.29, 0.717) is 43.2 Å². The van der Waals surface area contributed by atoms with E-state index in [2.05, 4.69) is 5.32 Å². The summed E-state index contributed by atoms with van der Waals surface area (Å²) in [5.74, 6) is 2.06. The summed E-state index contributed by atoms with van der Waals surface area (Å²) in [5, 5.41) is 33.3. The quantitative estimate of drug-likeness (QED) is 0.430. The summed E-state index contributed by atoms with van der Waals surface area (Å²) in [5.41, 5.74) is 3.00. The van der Waals surface area contributed by atoms with E-state index in [0.717, 1.165) is 23.1 Å². The average Bonchev–Trinajstić information content (AvgIpc) is 2.76. The second kappa shape index (κ2) is 10.6. The summed E-state index contributed by atoms with van der Waals surface area (Å²) in [6.07, 6.45) is -0.635. The summed E-state index contributed by atoms with van der Waals surface area (Å²) >= 11 is 0. The van der Waals surface area contributed by atoms with Crippen molar-refractivity contribution in [1.82, 2.24) is 5.32 Å². The minimum atomic E-state index is -0.787. The fraction of sp³-hybridized carbons (Fsp3) is 0.478. The van der Waals surface area contributed by atoms with E-state index in [9.17, 15) is 15.3 Å². The molecule has 2 aromatic carbocycles. The molecule has 0 heterocycles. The highest BCUT2D eigenvalue weighted by Crippen LogP contribution is 2.30. The number of aliphatic hydroxyl groups excluding tert-OH is 3. The second-order valence-electron chi connectivity index (χ2n) is 7.55. The van der Waals surface area contributed by atoms with Crippen molar-refractivity contribution < 1.29 is 29.5 Å². The van der Waals surface area contributed by atoms with Gasteiger partial charge in [-0.05, 0) is 42.3 Å². The van der Waals surface area contributed by atoms with Gasteiger partial charge in [0.25, 0.3) is 0 Å². The van der Waals surface area contributed by atoms with E-state index in [1.165, 1.54) is 0 Å². The molecule has 1 aliphatic rings. The molecule has 3 rings (SSSR count). The summed E-state index contributed by atoms with van der Waals surface area (Å²) in [6.45, 7) is 1.26. The molecular weight excluding hydrogens is 386 g/mol. The lowest BCUT2D eigenvalue weighted by molar-refractivity contribution is 0.0132. The van der Waals surface area contributed by atoms with Crippen LogP contribution >= 0.6 is 0 Å². The molecule has 1 aliphatic carbocycles. The maximum Gasteiger partial charge on any atom is 0.160 e. The Morgan fingerprint density at radius 3 is 2.53 bits per heavy atom. The largest absolute Gasteiger partial charge is 0.493 e. The fourth-order valence-electron chi connectivity index (χ4n) is 3.66. The van der Waals surface area contributed by atoms with Gasteiger partial charge in [0.1, 0.15) is 18.5 Å². The first-order chi connectivity index (χ1) is 14.5. The number of hydrogen-bond donors (Lipinski definition) is 4.